The van der Waals surface area contributed by atoms with Crippen LogP contribution in [-0.2, 0) is 9.59 Å². The number of hydrogen-bond acceptors (Lipinski definition) is 4. The highest BCUT2D eigenvalue weighted by Crippen LogP contribution is 2.18. The van der Waals surface area contributed by atoms with Crippen molar-refractivity contribution in [1.29, 1.82) is 0 Å². The van der Waals surface area contributed by atoms with Crippen molar-refractivity contribution < 1.29 is 14.7 Å². The van der Waals surface area contributed by atoms with Crippen LogP contribution in [0.5, 0.6) is 0 Å². The second-order valence-corrected chi connectivity index (χ2v) is 5.85. The lowest BCUT2D eigenvalue weighted by atomic mass is 9.96. The molecule has 1 heterocycles. The molecule has 2 atom stereocenters. The number of carboxylic acid groups (broad SMARTS) is 1. The standard InChI is InChI=1S/C15H29N3O3/c1-3-4-7-17-15(21)12(2)18-8-5-6-13(11-18)9-16-10-14(19)20/h12-13,16H,3-11H2,1-2H3,(H,17,21)(H,19,20). The zero-order valence-electron chi connectivity index (χ0n) is 13.2. The molecule has 3 N–H and O–H groups in total. The van der Waals surface area contributed by atoms with Gasteiger partial charge in [0, 0.05) is 13.1 Å². The number of amides is 1. The number of nitrogens with zero attached hydrogens (tertiary/aromatic N) is 1. The summed E-state index contributed by atoms with van der Waals surface area (Å²) in [6.07, 6.45) is 4.25. The molecular formula is C15H29N3O3. The minimum Gasteiger partial charge on any atom is -0.480 e. The molecule has 0 aromatic carbocycles. The average Bonchev–Trinajstić information content (AvgIpc) is 2.46. The van der Waals surface area contributed by atoms with Gasteiger partial charge in [0.05, 0.1) is 12.6 Å². The van der Waals surface area contributed by atoms with Crippen molar-refractivity contribution in [3.63, 3.8) is 0 Å². The highest BCUT2D eigenvalue weighted by atomic mass is 16.4. The first-order valence-corrected chi connectivity index (χ1v) is 7.98. The van der Waals surface area contributed by atoms with Gasteiger partial charge in [-0.3, -0.25) is 14.5 Å². The molecule has 6 heteroatoms. The molecule has 0 bridgehead atoms. The van der Waals surface area contributed by atoms with Gasteiger partial charge in [-0.15, -0.1) is 0 Å². The van der Waals surface area contributed by atoms with Crippen LogP contribution in [0.4, 0.5) is 0 Å². The molecule has 0 radical (unpaired) electrons. The number of nitrogens with one attached hydrogen (secondary N) is 2. The highest BCUT2D eigenvalue weighted by molar-refractivity contribution is 5.81. The van der Waals surface area contributed by atoms with Crippen LogP contribution in [0, 0.1) is 5.92 Å². The number of unbranched alkanes of at least 4 members (excludes halogenated alkanes) is 1. The van der Waals surface area contributed by atoms with E-state index in [0.717, 1.165) is 45.3 Å². The van der Waals surface area contributed by atoms with Crippen LogP contribution in [0.15, 0.2) is 0 Å². The molecule has 0 saturated carbocycles. The van der Waals surface area contributed by atoms with Gasteiger partial charge in [-0.25, -0.2) is 0 Å². The van der Waals surface area contributed by atoms with E-state index in [1.54, 1.807) is 0 Å². The van der Waals surface area contributed by atoms with Gasteiger partial charge in [-0.05, 0) is 45.2 Å². The molecule has 122 valence electrons. The second-order valence-electron chi connectivity index (χ2n) is 5.85. The maximum atomic E-state index is 12.1. The van der Waals surface area contributed by atoms with Crippen molar-refractivity contribution in [2.24, 2.45) is 5.92 Å². The van der Waals surface area contributed by atoms with E-state index in [2.05, 4.69) is 22.5 Å². The molecule has 0 aromatic rings. The fourth-order valence-electron chi connectivity index (χ4n) is 2.70. The Bertz CT molecular complexity index is 336. The summed E-state index contributed by atoms with van der Waals surface area (Å²) >= 11 is 0. The van der Waals surface area contributed by atoms with E-state index in [9.17, 15) is 9.59 Å². The fourth-order valence-corrected chi connectivity index (χ4v) is 2.70. The lowest BCUT2D eigenvalue weighted by Gasteiger charge is -2.36. The number of carbonyl (C=O) groups is 2. The third-order valence-corrected chi connectivity index (χ3v) is 4.02. The zero-order chi connectivity index (χ0) is 15.7. The molecule has 1 fully saturated rings. The minimum atomic E-state index is -0.827. The van der Waals surface area contributed by atoms with Gasteiger partial charge in [0.1, 0.15) is 0 Å². The maximum Gasteiger partial charge on any atom is 0.317 e. The molecule has 6 nitrogen and oxygen atoms in total. The van der Waals surface area contributed by atoms with Crippen LogP contribution < -0.4 is 10.6 Å². The van der Waals surface area contributed by atoms with Gasteiger partial charge >= 0.3 is 5.97 Å². The summed E-state index contributed by atoms with van der Waals surface area (Å²) in [4.78, 5) is 24.8. The number of carboxylic acids is 1. The maximum absolute atomic E-state index is 12.1. The summed E-state index contributed by atoms with van der Waals surface area (Å²) in [5, 5.41) is 14.6. The van der Waals surface area contributed by atoms with E-state index < -0.39 is 5.97 Å². The van der Waals surface area contributed by atoms with Crippen molar-refractivity contribution in [3.05, 3.63) is 0 Å². The first kappa shape index (κ1) is 17.9. The van der Waals surface area contributed by atoms with Gasteiger partial charge in [0.2, 0.25) is 5.91 Å². The van der Waals surface area contributed by atoms with Gasteiger partial charge in [-0.2, -0.15) is 0 Å². The Hall–Kier alpha value is -1.14. The number of hydrogen-bond donors (Lipinski definition) is 3. The quantitative estimate of drug-likeness (QED) is 0.545. The van der Waals surface area contributed by atoms with Crippen molar-refractivity contribution in [2.45, 2.75) is 45.6 Å². The topological polar surface area (TPSA) is 81.7 Å². The molecule has 1 aliphatic rings. The van der Waals surface area contributed by atoms with Crippen molar-refractivity contribution >= 4 is 11.9 Å². The van der Waals surface area contributed by atoms with Gasteiger partial charge in [0.15, 0.2) is 0 Å². The zero-order valence-corrected chi connectivity index (χ0v) is 13.2. The Labute approximate surface area is 127 Å². The van der Waals surface area contributed by atoms with Crippen molar-refractivity contribution in [2.75, 3.05) is 32.7 Å². The van der Waals surface area contributed by atoms with E-state index in [1.807, 2.05) is 6.92 Å². The third kappa shape index (κ3) is 6.91. The number of piperidine rings is 1. The summed E-state index contributed by atoms with van der Waals surface area (Å²) in [7, 11) is 0. The number of likely N-dealkylation sites (tertiary alicyclic amines) is 1. The lowest BCUT2D eigenvalue weighted by molar-refractivity contribution is -0.136. The molecule has 0 spiro atoms. The minimum absolute atomic E-state index is 0.00353. The van der Waals surface area contributed by atoms with Crippen molar-refractivity contribution in [1.82, 2.24) is 15.5 Å². The largest absolute Gasteiger partial charge is 0.480 e. The number of carbonyl (C=O) groups excluding carboxylic acids is 1. The number of rotatable bonds is 9. The van der Waals surface area contributed by atoms with E-state index in [1.165, 1.54) is 0 Å². The Balaban J connectivity index is 2.33. The van der Waals surface area contributed by atoms with Gasteiger partial charge in [0.25, 0.3) is 0 Å². The predicted molar refractivity (Wildman–Crippen MR) is 82.2 cm³/mol. The summed E-state index contributed by atoms with van der Waals surface area (Å²) < 4.78 is 0. The lowest BCUT2D eigenvalue weighted by Crippen LogP contribution is -2.50. The SMILES string of the molecule is CCCCNC(=O)C(C)N1CCCC(CNCC(=O)O)C1. The molecular weight excluding hydrogens is 270 g/mol. The van der Waals surface area contributed by atoms with E-state index >= 15 is 0 Å². The molecule has 1 saturated heterocycles. The van der Waals surface area contributed by atoms with E-state index in [4.69, 9.17) is 5.11 Å². The van der Waals surface area contributed by atoms with E-state index in [-0.39, 0.29) is 18.5 Å². The predicted octanol–water partition coefficient (Wildman–Crippen LogP) is 0.677. The summed E-state index contributed by atoms with van der Waals surface area (Å²) in [5.41, 5.74) is 0. The normalized spacial score (nSPS) is 21.0. The Morgan fingerprint density at radius 1 is 1.43 bits per heavy atom. The summed E-state index contributed by atoms with van der Waals surface area (Å²) in [6.45, 7) is 7.31. The Kier molecular flexibility index (Phi) is 8.30. The van der Waals surface area contributed by atoms with Crippen molar-refractivity contribution in [3.8, 4) is 0 Å². The first-order valence-electron chi connectivity index (χ1n) is 7.98. The smallest absolute Gasteiger partial charge is 0.317 e. The Morgan fingerprint density at radius 2 is 2.19 bits per heavy atom. The Morgan fingerprint density at radius 3 is 2.86 bits per heavy atom. The van der Waals surface area contributed by atoms with Gasteiger partial charge < -0.3 is 15.7 Å². The summed E-state index contributed by atoms with van der Waals surface area (Å²) in [6, 6.07) is -0.107. The van der Waals surface area contributed by atoms with Crippen LogP contribution in [0.3, 0.4) is 0 Å². The van der Waals surface area contributed by atoms with Crippen LogP contribution >= 0.6 is 0 Å². The van der Waals surface area contributed by atoms with Crippen LogP contribution in [0.25, 0.3) is 0 Å². The van der Waals surface area contributed by atoms with Gasteiger partial charge in [-0.1, -0.05) is 13.3 Å². The average molecular weight is 299 g/mol. The highest BCUT2D eigenvalue weighted by Gasteiger charge is 2.27. The first-order chi connectivity index (χ1) is 10.0. The van der Waals surface area contributed by atoms with E-state index in [0.29, 0.717) is 12.5 Å². The molecule has 0 aliphatic carbocycles. The molecule has 0 aromatic heterocycles. The third-order valence-electron chi connectivity index (χ3n) is 4.02. The molecule has 2 unspecified atom stereocenters. The molecule has 21 heavy (non-hydrogen) atoms. The molecule has 1 amide bonds. The number of aliphatic carboxylic acids is 1. The monoisotopic (exact) mass is 299 g/mol. The van der Waals surface area contributed by atoms with Crippen LogP contribution in [0.1, 0.15) is 39.5 Å². The second kappa shape index (κ2) is 9.73. The van der Waals surface area contributed by atoms with Crippen LogP contribution in [-0.4, -0.2) is 60.6 Å². The summed E-state index contributed by atoms with van der Waals surface area (Å²) in [5.74, 6) is -0.307. The fraction of sp³-hybridized carbons (Fsp3) is 0.867. The molecule has 1 rings (SSSR count). The molecule has 1 aliphatic heterocycles. The van der Waals surface area contributed by atoms with Crippen LogP contribution in [0.2, 0.25) is 0 Å².